The van der Waals surface area contributed by atoms with Crippen molar-refractivity contribution in [1.82, 2.24) is 9.97 Å². The van der Waals surface area contributed by atoms with Crippen molar-refractivity contribution in [3.8, 4) is 5.75 Å². The van der Waals surface area contributed by atoms with Crippen molar-refractivity contribution >= 4 is 11.6 Å². The van der Waals surface area contributed by atoms with Crippen LogP contribution in [0.1, 0.15) is 36.5 Å². The summed E-state index contributed by atoms with van der Waals surface area (Å²) < 4.78 is 5.29. The molecule has 2 heterocycles. The molecule has 122 valence electrons. The van der Waals surface area contributed by atoms with E-state index in [1.807, 2.05) is 24.4 Å². The van der Waals surface area contributed by atoms with Crippen LogP contribution in [0, 0.1) is 0 Å². The van der Waals surface area contributed by atoms with E-state index in [4.69, 9.17) is 10.5 Å². The van der Waals surface area contributed by atoms with Gasteiger partial charge in [-0.2, -0.15) is 0 Å². The first kappa shape index (κ1) is 15.6. The minimum absolute atomic E-state index is 0.0233. The number of carbonyl (C=O) groups is 1. The number of aryl methyl sites for hydroxylation is 1. The highest BCUT2D eigenvalue weighted by Gasteiger charge is 2.36. The third-order valence-corrected chi connectivity index (χ3v) is 4.20. The fraction of sp³-hybridized carbons (Fsp3) is 0.412. The zero-order valence-electron chi connectivity index (χ0n) is 13.5. The summed E-state index contributed by atoms with van der Waals surface area (Å²) in [7, 11) is 1.64. The largest absolute Gasteiger partial charge is 0.497 e. The third-order valence-electron chi connectivity index (χ3n) is 4.20. The first-order valence-corrected chi connectivity index (χ1v) is 7.90. The molecule has 6 heteroatoms. The number of nitrogens with two attached hydrogens (primary N) is 1. The molecule has 0 spiro atoms. The van der Waals surface area contributed by atoms with Crippen LogP contribution in [0.2, 0.25) is 0 Å². The molecule has 1 aliphatic heterocycles. The fourth-order valence-corrected chi connectivity index (χ4v) is 3.12. The molecule has 3 rings (SSSR count). The summed E-state index contributed by atoms with van der Waals surface area (Å²) >= 11 is 0. The Hall–Kier alpha value is -2.34. The van der Waals surface area contributed by atoms with E-state index in [0.29, 0.717) is 6.42 Å². The van der Waals surface area contributed by atoms with E-state index in [-0.39, 0.29) is 18.5 Å². The van der Waals surface area contributed by atoms with Gasteiger partial charge in [-0.1, -0.05) is 13.3 Å². The molecule has 1 aromatic carbocycles. The number of H-pyrrole nitrogens is 1. The van der Waals surface area contributed by atoms with Gasteiger partial charge in [-0.15, -0.1) is 0 Å². The van der Waals surface area contributed by atoms with Crippen LogP contribution in [0.25, 0.3) is 0 Å². The molecule has 1 amide bonds. The Bertz CT molecular complexity index is 710. The zero-order valence-corrected chi connectivity index (χ0v) is 13.5. The average Bonchev–Trinajstić information content (AvgIpc) is 3.17. The summed E-state index contributed by atoms with van der Waals surface area (Å²) in [6.07, 6.45) is 4.56. The number of methoxy groups -OCH3 is 1. The number of imidazole rings is 1. The summed E-state index contributed by atoms with van der Waals surface area (Å²) in [6.45, 7) is 2.10. The van der Waals surface area contributed by atoms with Gasteiger partial charge in [-0.05, 0) is 30.2 Å². The van der Waals surface area contributed by atoms with E-state index in [1.165, 1.54) is 0 Å². The normalized spacial score (nSPS) is 16.5. The van der Waals surface area contributed by atoms with Gasteiger partial charge in [0.25, 0.3) is 0 Å². The molecular formula is C17H22N4O2. The number of nitrogens with one attached hydrogen (secondary N) is 1. The number of hydrogen-bond donors (Lipinski definition) is 2. The molecule has 1 aliphatic rings. The van der Waals surface area contributed by atoms with Gasteiger partial charge in [0.2, 0.25) is 5.91 Å². The number of carbonyl (C=O) groups excluding carboxylic acids is 1. The molecule has 0 saturated heterocycles. The molecule has 1 unspecified atom stereocenters. The molecule has 0 radical (unpaired) electrons. The predicted octanol–water partition coefficient (Wildman–Crippen LogP) is 1.96. The topological polar surface area (TPSA) is 84.2 Å². The van der Waals surface area contributed by atoms with E-state index in [0.717, 1.165) is 41.4 Å². The van der Waals surface area contributed by atoms with Gasteiger partial charge in [-0.25, -0.2) is 4.98 Å². The van der Waals surface area contributed by atoms with Crippen LogP contribution in [0.15, 0.2) is 24.4 Å². The number of aromatic nitrogens is 2. The van der Waals surface area contributed by atoms with Crippen molar-refractivity contribution in [3.63, 3.8) is 0 Å². The van der Waals surface area contributed by atoms with Gasteiger partial charge in [-0.3, -0.25) is 4.79 Å². The van der Waals surface area contributed by atoms with Crippen LogP contribution < -0.4 is 15.4 Å². The van der Waals surface area contributed by atoms with Gasteiger partial charge in [0, 0.05) is 24.0 Å². The Morgan fingerprint density at radius 3 is 3.04 bits per heavy atom. The van der Waals surface area contributed by atoms with Crippen LogP contribution in [0.3, 0.4) is 0 Å². The van der Waals surface area contributed by atoms with E-state index in [9.17, 15) is 4.79 Å². The van der Waals surface area contributed by atoms with Gasteiger partial charge < -0.3 is 20.4 Å². The highest BCUT2D eigenvalue weighted by atomic mass is 16.5. The predicted molar refractivity (Wildman–Crippen MR) is 88.6 cm³/mol. The van der Waals surface area contributed by atoms with Crippen molar-refractivity contribution in [2.24, 2.45) is 5.73 Å². The number of benzene rings is 1. The van der Waals surface area contributed by atoms with Crippen LogP contribution in [0.5, 0.6) is 5.75 Å². The summed E-state index contributed by atoms with van der Waals surface area (Å²) in [6, 6.07) is 5.61. The minimum atomic E-state index is -0.140. The number of rotatable bonds is 5. The molecule has 0 fully saturated rings. The van der Waals surface area contributed by atoms with Crippen LogP contribution in [-0.4, -0.2) is 29.5 Å². The number of fused-ring (bicyclic) bond motifs is 1. The summed E-state index contributed by atoms with van der Waals surface area (Å²) in [5, 5.41) is 0. The van der Waals surface area contributed by atoms with Crippen molar-refractivity contribution in [3.05, 3.63) is 41.5 Å². The van der Waals surface area contributed by atoms with Crippen molar-refractivity contribution in [1.29, 1.82) is 0 Å². The molecule has 0 bridgehead atoms. The lowest BCUT2D eigenvalue weighted by molar-refractivity contribution is -0.117. The second kappa shape index (κ2) is 6.42. The summed E-state index contributed by atoms with van der Waals surface area (Å²) in [5.41, 5.74) is 8.67. The average molecular weight is 314 g/mol. The molecule has 3 N–H and O–H groups in total. The van der Waals surface area contributed by atoms with Crippen molar-refractivity contribution in [2.45, 2.75) is 32.2 Å². The molecular weight excluding hydrogens is 292 g/mol. The van der Waals surface area contributed by atoms with Gasteiger partial charge in [0.15, 0.2) is 0 Å². The van der Waals surface area contributed by atoms with Crippen LogP contribution >= 0.6 is 0 Å². The molecule has 1 aromatic heterocycles. The fourth-order valence-electron chi connectivity index (χ4n) is 3.12. The first-order valence-electron chi connectivity index (χ1n) is 7.90. The smallest absolute Gasteiger partial charge is 0.241 e. The molecule has 0 aliphatic carbocycles. The Labute approximate surface area is 135 Å². The molecule has 1 atom stereocenters. The lowest BCUT2D eigenvalue weighted by Crippen LogP contribution is -2.37. The number of nitrogens with zero attached hydrogens (tertiary/aromatic N) is 2. The maximum Gasteiger partial charge on any atom is 0.241 e. The maximum atomic E-state index is 12.4. The Kier molecular flexibility index (Phi) is 4.34. The lowest BCUT2D eigenvalue weighted by Gasteiger charge is -2.23. The van der Waals surface area contributed by atoms with Crippen molar-refractivity contribution < 1.29 is 9.53 Å². The second-order valence-electron chi connectivity index (χ2n) is 5.73. The number of aromatic amines is 1. The zero-order chi connectivity index (χ0) is 16.4. The summed E-state index contributed by atoms with van der Waals surface area (Å²) in [5.74, 6) is 1.49. The number of anilines is 1. The quantitative estimate of drug-likeness (QED) is 0.883. The lowest BCUT2D eigenvalue weighted by atomic mass is 10.1. The Morgan fingerprint density at radius 1 is 1.52 bits per heavy atom. The Balaban J connectivity index is 1.97. The highest BCUT2D eigenvalue weighted by Crippen LogP contribution is 2.41. The van der Waals surface area contributed by atoms with E-state index >= 15 is 0 Å². The van der Waals surface area contributed by atoms with E-state index < -0.39 is 0 Å². The van der Waals surface area contributed by atoms with Crippen LogP contribution in [-0.2, 0) is 17.6 Å². The third kappa shape index (κ3) is 2.82. The molecule has 2 aromatic rings. The van der Waals surface area contributed by atoms with E-state index in [2.05, 4.69) is 16.9 Å². The number of hydrogen-bond acceptors (Lipinski definition) is 4. The first-order chi connectivity index (χ1) is 11.2. The number of ether oxygens (including phenoxy) is 1. The number of amides is 1. The monoisotopic (exact) mass is 314 g/mol. The summed E-state index contributed by atoms with van der Waals surface area (Å²) in [4.78, 5) is 22.0. The second-order valence-corrected chi connectivity index (χ2v) is 5.73. The van der Waals surface area contributed by atoms with Gasteiger partial charge >= 0.3 is 0 Å². The van der Waals surface area contributed by atoms with Crippen molar-refractivity contribution in [2.75, 3.05) is 18.6 Å². The SMILES string of the molecule is CCCc1cnc(C2Cc3cc(OC)ccc3N2C(=O)CN)[nH]1. The molecule has 6 nitrogen and oxygen atoms in total. The Morgan fingerprint density at radius 2 is 2.35 bits per heavy atom. The van der Waals surface area contributed by atoms with Gasteiger partial charge in [0.1, 0.15) is 11.6 Å². The standard InChI is InChI=1S/C17H22N4O2/c1-3-4-12-10-19-17(20-12)15-8-11-7-13(23-2)5-6-14(11)21(15)16(22)9-18/h5-7,10,15H,3-4,8-9,18H2,1-2H3,(H,19,20). The maximum absolute atomic E-state index is 12.4. The minimum Gasteiger partial charge on any atom is -0.497 e. The highest BCUT2D eigenvalue weighted by molar-refractivity contribution is 5.97. The molecule has 0 saturated carbocycles. The van der Waals surface area contributed by atoms with E-state index in [1.54, 1.807) is 12.0 Å². The van der Waals surface area contributed by atoms with Gasteiger partial charge in [0.05, 0.1) is 19.7 Å². The molecule has 23 heavy (non-hydrogen) atoms. The van der Waals surface area contributed by atoms with Crippen LogP contribution in [0.4, 0.5) is 5.69 Å².